The van der Waals surface area contributed by atoms with Crippen molar-refractivity contribution in [3.63, 3.8) is 0 Å². The van der Waals surface area contributed by atoms with Gasteiger partial charge in [-0.3, -0.25) is 9.89 Å². The van der Waals surface area contributed by atoms with Crippen LogP contribution < -0.4 is 11.4 Å². The predicted octanol–water partition coefficient (Wildman–Crippen LogP) is 0.176. The van der Waals surface area contributed by atoms with E-state index in [1.807, 2.05) is 20.8 Å². The zero-order chi connectivity index (χ0) is 14.5. The number of rotatable bonds is 1. The van der Waals surface area contributed by atoms with Gasteiger partial charge in [-0.25, -0.2) is 0 Å². The van der Waals surface area contributed by atoms with Crippen LogP contribution in [0.1, 0.15) is 26.5 Å². The van der Waals surface area contributed by atoms with Gasteiger partial charge in [-0.2, -0.15) is 4.68 Å². The number of nitrogen functional groups attached to an aromatic ring is 1. The first kappa shape index (κ1) is 15.2. The SMILES string of the molecule is CSc1nnc(C(C)(C)C)c(=O)n1N.c1c[nH]nn1. The number of H-pyrrole nitrogens is 1. The fourth-order valence-electron chi connectivity index (χ4n) is 1.16. The summed E-state index contributed by atoms with van der Waals surface area (Å²) in [7, 11) is 0. The fourth-order valence-corrected chi connectivity index (χ4v) is 1.56. The molecule has 0 spiro atoms. The third-order valence-electron chi connectivity index (χ3n) is 2.09. The van der Waals surface area contributed by atoms with Gasteiger partial charge < -0.3 is 5.84 Å². The number of aromatic amines is 1. The summed E-state index contributed by atoms with van der Waals surface area (Å²) in [5.41, 5.74) is -0.225. The zero-order valence-corrected chi connectivity index (χ0v) is 12.1. The van der Waals surface area contributed by atoms with Crippen molar-refractivity contribution in [2.45, 2.75) is 31.3 Å². The van der Waals surface area contributed by atoms with Crippen LogP contribution in [0.5, 0.6) is 0 Å². The lowest BCUT2D eigenvalue weighted by atomic mass is 9.93. The Kier molecular flexibility index (Phi) is 5.04. The second-order valence-corrected chi connectivity index (χ2v) is 5.39. The molecule has 0 aliphatic carbocycles. The monoisotopic (exact) mass is 283 g/mol. The highest BCUT2D eigenvalue weighted by Crippen LogP contribution is 2.16. The van der Waals surface area contributed by atoms with E-state index >= 15 is 0 Å². The van der Waals surface area contributed by atoms with Gasteiger partial charge in [0, 0.05) is 11.6 Å². The van der Waals surface area contributed by atoms with E-state index in [0.29, 0.717) is 10.9 Å². The first-order valence-electron chi connectivity index (χ1n) is 5.47. The van der Waals surface area contributed by atoms with Crippen molar-refractivity contribution in [2.75, 3.05) is 12.1 Å². The molecule has 2 aromatic rings. The zero-order valence-electron chi connectivity index (χ0n) is 11.3. The van der Waals surface area contributed by atoms with E-state index < -0.39 is 0 Å². The van der Waals surface area contributed by atoms with Crippen molar-refractivity contribution in [3.05, 3.63) is 28.4 Å². The standard InChI is InChI=1S/C8H14N4OS.C2H3N3/c1-8(2,3)5-6(13)12(9)7(14-4)11-10-5;1-2-4-5-3-1/h9H2,1-4H3;1-2H,(H,3,4,5). The minimum absolute atomic E-state index is 0.281. The molecular weight excluding hydrogens is 266 g/mol. The third kappa shape index (κ3) is 4.05. The molecule has 0 atom stereocenters. The molecule has 0 aromatic carbocycles. The predicted molar refractivity (Wildman–Crippen MR) is 73.3 cm³/mol. The first-order chi connectivity index (χ1) is 8.88. The molecule has 9 heteroatoms. The van der Waals surface area contributed by atoms with Gasteiger partial charge in [-0.05, 0) is 6.26 Å². The van der Waals surface area contributed by atoms with Crippen molar-refractivity contribution >= 4 is 11.8 Å². The highest BCUT2D eigenvalue weighted by molar-refractivity contribution is 7.98. The van der Waals surface area contributed by atoms with Crippen LogP contribution in [-0.2, 0) is 5.41 Å². The normalized spacial score (nSPS) is 10.7. The third-order valence-corrected chi connectivity index (χ3v) is 2.73. The molecule has 2 rings (SSSR count). The Morgan fingerprint density at radius 1 is 1.37 bits per heavy atom. The number of hydrogen-bond acceptors (Lipinski definition) is 7. The average Bonchev–Trinajstić information content (AvgIpc) is 2.89. The van der Waals surface area contributed by atoms with Crippen LogP contribution in [0.25, 0.3) is 0 Å². The molecular formula is C10H17N7OS. The largest absolute Gasteiger partial charge is 0.334 e. The number of aromatic nitrogens is 6. The van der Waals surface area contributed by atoms with Gasteiger partial charge in [0.05, 0.1) is 6.20 Å². The molecule has 0 fully saturated rings. The maximum Gasteiger partial charge on any atom is 0.295 e. The lowest BCUT2D eigenvalue weighted by Crippen LogP contribution is -2.37. The second-order valence-electron chi connectivity index (χ2n) is 4.62. The second kappa shape index (κ2) is 6.32. The Balaban J connectivity index is 0.000000300. The van der Waals surface area contributed by atoms with Crippen molar-refractivity contribution in [1.29, 1.82) is 0 Å². The minimum Gasteiger partial charge on any atom is -0.334 e. The Morgan fingerprint density at radius 2 is 2.05 bits per heavy atom. The summed E-state index contributed by atoms with van der Waals surface area (Å²) in [6.45, 7) is 5.70. The van der Waals surface area contributed by atoms with Crippen LogP contribution in [-0.4, -0.2) is 36.5 Å². The van der Waals surface area contributed by atoms with Gasteiger partial charge in [0.25, 0.3) is 5.56 Å². The van der Waals surface area contributed by atoms with Crippen LogP contribution in [0.4, 0.5) is 0 Å². The van der Waals surface area contributed by atoms with Crippen molar-refractivity contribution in [1.82, 2.24) is 30.3 Å². The molecule has 8 nitrogen and oxygen atoms in total. The number of nitrogens with zero attached hydrogens (tertiary/aromatic N) is 5. The summed E-state index contributed by atoms with van der Waals surface area (Å²) < 4.78 is 1.04. The molecule has 2 heterocycles. The Bertz CT molecular complexity index is 541. The Labute approximate surface area is 114 Å². The van der Waals surface area contributed by atoms with Gasteiger partial charge in [0.1, 0.15) is 5.69 Å². The van der Waals surface area contributed by atoms with Gasteiger partial charge in [0.2, 0.25) is 5.16 Å². The van der Waals surface area contributed by atoms with Crippen LogP contribution >= 0.6 is 11.8 Å². The molecule has 0 aliphatic rings. The van der Waals surface area contributed by atoms with Crippen LogP contribution in [0.2, 0.25) is 0 Å². The van der Waals surface area contributed by atoms with Crippen molar-refractivity contribution < 1.29 is 0 Å². The van der Waals surface area contributed by atoms with Gasteiger partial charge in [-0.15, -0.1) is 15.3 Å². The maximum atomic E-state index is 11.7. The molecule has 0 unspecified atom stereocenters. The quantitative estimate of drug-likeness (QED) is 0.566. The van der Waals surface area contributed by atoms with E-state index in [-0.39, 0.29) is 11.0 Å². The fraction of sp³-hybridized carbons (Fsp3) is 0.500. The van der Waals surface area contributed by atoms with E-state index in [2.05, 4.69) is 25.6 Å². The highest BCUT2D eigenvalue weighted by Gasteiger charge is 2.22. The number of hydrogen-bond donors (Lipinski definition) is 2. The maximum absolute atomic E-state index is 11.7. The summed E-state index contributed by atoms with van der Waals surface area (Å²) >= 11 is 1.29. The first-order valence-corrected chi connectivity index (χ1v) is 6.70. The average molecular weight is 283 g/mol. The summed E-state index contributed by atoms with van der Waals surface area (Å²) in [6, 6.07) is 0. The summed E-state index contributed by atoms with van der Waals surface area (Å²) in [5, 5.41) is 17.5. The van der Waals surface area contributed by atoms with Crippen molar-refractivity contribution in [2.24, 2.45) is 0 Å². The molecule has 0 radical (unpaired) electrons. The number of nitrogens with one attached hydrogen (secondary N) is 1. The molecule has 2 aromatic heterocycles. The molecule has 3 N–H and O–H groups in total. The lowest BCUT2D eigenvalue weighted by molar-refractivity contribution is 0.520. The van der Waals surface area contributed by atoms with E-state index in [1.54, 1.807) is 18.6 Å². The molecule has 19 heavy (non-hydrogen) atoms. The molecule has 0 aliphatic heterocycles. The Morgan fingerprint density at radius 3 is 2.42 bits per heavy atom. The van der Waals surface area contributed by atoms with Gasteiger partial charge in [0.15, 0.2) is 0 Å². The topological polar surface area (TPSA) is 115 Å². The molecule has 0 saturated heterocycles. The smallest absolute Gasteiger partial charge is 0.295 e. The number of thioether (sulfide) groups is 1. The van der Waals surface area contributed by atoms with E-state index in [4.69, 9.17) is 5.84 Å². The van der Waals surface area contributed by atoms with E-state index in [0.717, 1.165) is 4.68 Å². The van der Waals surface area contributed by atoms with Crippen LogP contribution in [0.3, 0.4) is 0 Å². The van der Waals surface area contributed by atoms with E-state index in [1.165, 1.54) is 11.8 Å². The van der Waals surface area contributed by atoms with Crippen LogP contribution in [0, 0.1) is 0 Å². The van der Waals surface area contributed by atoms with Crippen molar-refractivity contribution in [3.8, 4) is 0 Å². The van der Waals surface area contributed by atoms with E-state index in [9.17, 15) is 4.79 Å². The molecule has 104 valence electrons. The highest BCUT2D eigenvalue weighted by atomic mass is 32.2. The molecule has 0 bridgehead atoms. The Hall–Kier alpha value is -1.90. The van der Waals surface area contributed by atoms with Gasteiger partial charge in [-0.1, -0.05) is 37.7 Å². The van der Waals surface area contributed by atoms with Crippen LogP contribution in [0.15, 0.2) is 22.3 Å². The number of nitrogens with two attached hydrogens (primary N) is 1. The molecule has 0 amide bonds. The summed E-state index contributed by atoms with van der Waals surface area (Å²) in [5.74, 6) is 5.57. The minimum atomic E-state index is -0.331. The summed E-state index contributed by atoms with van der Waals surface area (Å²) in [4.78, 5) is 11.7. The summed E-state index contributed by atoms with van der Waals surface area (Å²) in [6.07, 6.45) is 5.03. The lowest BCUT2D eigenvalue weighted by Gasteiger charge is -2.16. The van der Waals surface area contributed by atoms with Gasteiger partial charge >= 0.3 is 0 Å². The molecule has 0 saturated carbocycles.